The van der Waals surface area contributed by atoms with E-state index in [2.05, 4.69) is 43.3 Å². The van der Waals surface area contributed by atoms with Crippen molar-refractivity contribution in [3.8, 4) is 6.07 Å². The third-order valence-electron chi connectivity index (χ3n) is 5.45. The lowest BCUT2D eigenvalue weighted by Crippen LogP contribution is -2.13. The van der Waals surface area contributed by atoms with Gasteiger partial charge in [-0.2, -0.15) is 5.26 Å². The summed E-state index contributed by atoms with van der Waals surface area (Å²) < 4.78 is 14.0. The van der Waals surface area contributed by atoms with E-state index in [-0.39, 0.29) is 5.56 Å². The highest BCUT2D eigenvalue weighted by Crippen LogP contribution is 2.35. The molecule has 0 aromatic heterocycles. The summed E-state index contributed by atoms with van der Waals surface area (Å²) in [7, 11) is 0. The molecule has 0 bridgehead atoms. The average molecular weight is 329 g/mol. The topological polar surface area (TPSA) is 23.8 Å². The third kappa shape index (κ3) is 2.91. The minimum Gasteiger partial charge on any atom is -0.206 e. The first-order valence-electron chi connectivity index (χ1n) is 8.92. The fraction of sp³-hybridized carbons (Fsp3) is 0.261. The molecule has 0 aliphatic heterocycles. The lowest BCUT2D eigenvalue weighted by molar-refractivity contribution is 0.571. The number of nitriles is 1. The quantitative estimate of drug-likeness (QED) is 0.593. The van der Waals surface area contributed by atoms with Crippen LogP contribution in [-0.2, 0) is 19.3 Å². The zero-order chi connectivity index (χ0) is 17.4. The second kappa shape index (κ2) is 6.33. The maximum Gasteiger partial charge on any atom is 0.141 e. The summed E-state index contributed by atoms with van der Waals surface area (Å²) in [5, 5.41) is 11.5. The van der Waals surface area contributed by atoms with Crippen molar-refractivity contribution >= 4 is 10.8 Å². The molecule has 0 fully saturated rings. The number of halogens is 1. The Morgan fingerprint density at radius 1 is 1.04 bits per heavy atom. The lowest BCUT2D eigenvalue weighted by atomic mass is 9.79. The lowest BCUT2D eigenvalue weighted by Gasteiger charge is -2.25. The van der Waals surface area contributed by atoms with Crippen LogP contribution in [0, 0.1) is 17.1 Å². The molecule has 0 saturated heterocycles. The maximum atomic E-state index is 14.0. The van der Waals surface area contributed by atoms with Gasteiger partial charge in [-0.1, -0.05) is 43.3 Å². The summed E-state index contributed by atoms with van der Waals surface area (Å²) in [5.41, 5.74) is 5.02. The molecule has 1 atom stereocenters. The number of rotatable bonds is 2. The molecule has 0 amide bonds. The zero-order valence-electron chi connectivity index (χ0n) is 14.3. The standard InChI is InChI=1S/C23H20FN/c1-2-15-3-4-17-10-18(6-5-16(17)9-15)19-7-8-20-12-22(14-25)23(24)13-21(20)11-19/h3-6,9-10,12-13,19H,2,7-8,11H2,1H3. The van der Waals surface area contributed by atoms with E-state index in [0.29, 0.717) is 5.92 Å². The molecule has 0 saturated carbocycles. The molecule has 0 spiro atoms. The second-order valence-electron chi connectivity index (χ2n) is 6.95. The number of fused-ring (bicyclic) bond motifs is 2. The van der Waals surface area contributed by atoms with Gasteiger partial charge in [0.15, 0.2) is 0 Å². The fourth-order valence-electron chi connectivity index (χ4n) is 3.94. The number of aryl methyl sites for hydroxylation is 2. The maximum absolute atomic E-state index is 14.0. The summed E-state index contributed by atoms with van der Waals surface area (Å²) in [6.07, 6.45) is 3.84. The van der Waals surface area contributed by atoms with Crippen molar-refractivity contribution in [1.29, 1.82) is 5.26 Å². The molecule has 1 unspecified atom stereocenters. The van der Waals surface area contributed by atoms with Crippen molar-refractivity contribution < 1.29 is 4.39 Å². The van der Waals surface area contributed by atoms with Gasteiger partial charge in [0.25, 0.3) is 0 Å². The van der Waals surface area contributed by atoms with Gasteiger partial charge < -0.3 is 0 Å². The molecule has 25 heavy (non-hydrogen) atoms. The van der Waals surface area contributed by atoms with E-state index in [1.165, 1.54) is 21.9 Å². The van der Waals surface area contributed by atoms with Crippen molar-refractivity contribution in [1.82, 2.24) is 0 Å². The molecular formula is C23H20FN. The van der Waals surface area contributed by atoms with Crippen molar-refractivity contribution in [2.45, 2.75) is 38.5 Å². The number of hydrogen-bond donors (Lipinski definition) is 0. The Morgan fingerprint density at radius 3 is 2.64 bits per heavy atom. The Hall–Kier alpha value is -2.66. The molecule has 3 aromatic carbocycles. The van der Waals surface area contributed by atoms with Gasteiger partial charge in [-0.05, 0) is 76.8 Å². The summed E-state index contributed by atoms with van der Waals surface area (Å²) in [5.74, 6) is 0.0163. The molecule has 0 radical (unpaired) electrons. The molecule has 1 nitrogen and oxygen atoms in total. The van der Waals surface area contributed by atoms with Crippen LogP contribution in [0.15, 0.2) is 48.5 Å². The van der Waals surface area contributed by atoms with Crippen molar-refractivity contribution in [2.24, 2.45) is 0 Å². The first-order chi connectivity index (χ1) is 12.2. The Balaban J connectivity index is 1.66. The van der Waals surface area contributed by atoms with Crippen LogP contribution < -0.4 is 0 Å². The summed E-state index contributed by atoms with van der Waals surface area (Å²) in [6.45, 7) is 2.17. The molecule has 0 N–H and O–H groups in total. The Bertz CT molecular complexity index is 997. The molecular weight excluding hydrogens is 309 g/mol. The third-order valence-corrected chi connectivity index (χ3v) is 5.45. The van der Waals surface area contributed by atoms with E-state index in [0.717, 1.165) is 36.8 Å². The molecule has 2 heteroatoms. The van der Waals surface area contributed by atoms with Gasteiger partial charge in [0.05, 0.1) is 5.56 Å². The summed E-state index contributed by atoms with van der Waals surface area (Å²) in [4.78, 5) is 0. The fourth-order valence-corrected chi connectivity index (χ4v) is 3.94. The van der Waals surface area contributed by atoms with Crippen molar-refractivity contribution in [3.63, 3.8) is 0 Å². The van der Waals surface area contributed by atoms with E-state index < -0.39 is 5.82 Å². The zero-order valence-corrected chi connectivity index (χ0v) is 14.3. The van der Waals surface area contributed by atoms with Crippen LogP contribution in [0.2, 0.25) is 0 Å². The minimum atomic E-state index is -0.396. The van der Waals surface area contributed by atoms with E-state index in [4.69, 9.17) is 5.26 Å². The Kier molecular flexibility index (Phi) is 4.01. The highest BCUT2D eigenvalue weighted by atomic mass is 19.1. The van der Waals surface area contributed by atoms with Crippen LogP contribution in [0.4, 0.5) is 4.39 Å². The predicted octanol–water partition coefficient (Wildman–Crippen LogP) is 5.69. The number of nitrogens with zero attached hydrogens (tertiary/aromatic N) is 1. The van der Waals surface area contributed by atoms with Crippen LogP contribution in [0.25, 0.3) is 10.8 Å². The smallest absolute Gasteiger partial charge is 0.141 e. The van der Waals surface area contributed by atoms with Gasteiger partial charge in [-0.25, -0.2) is 4.39 Å². The van der Waals surface area contributed by atoms with Crippen LogP contribution in [0.5, 0.6) is 0 Å². The molecule has 1 aliphatic carbocycles. The molecule has 4 rings (SSSR count). The summed E-state index contributed by atoms with van der Waals surface area (Å²) >= 11 is 0. The molecule has 124 valence electrons. The van der Waals surface area contributed by atoms with Gasteiger partial charge in [-0.15, -0.1) is 0 Å². The van der Waals surface area contributed by atoms with Gasteiger partial charge in [0.1, 0.15) is 11.9 Å². The second-order valence-corrected chi connectivity index (χ2v) is 6.95. The van der Waals surface area contributed by atoms with Crippen molar-refractivity contribution in [3.05, 3.63) is 82.2 Å². The highest BCUT2D eigenvalue weighted by Gasteiger charge is 2.22. The van der Waals surface area contributed by atoms with Crippen LogP contribution in [0.3, 0.4) is 0 Å². The first kappa shape index (κ1) is 15.8. The van der Waals surface area contributed by atoms with Crippen LogP contribution in [0.1, 0.15) is 47.1 Å². The van der Waals surface area contributed by atoms with E-state index in [9.17, 15) is 4.39 Å². The van der Waals surface area contributed by atoms with E-state index >= 15 is 0 Å². The SMILES string of the molecule is CCc1ccc2cc(C3CCc4cc(C#N)c(F)cc4C3)ccc2c1. The van der Waals surface area contributed by atoms with Crippen LogP contribution >= 0.6 is 0 Å². The first-order valence-corrected chi connectivity index (χ1v) is 8.92. The van der Waals surface area contributed by atoms with Crippen molar-refractivity contribution in [2.75, 3.05) is 0 Å². The highest BCUT2D eigenvalue weighted by molar-refractivity contribution is 5.84. The van der Waals surface area contributed by atoms with E-state index in [1.54, 1.807) is 12.1 Å². The Labute approximate surface area is 147 Å². The molecule has 0 heterocycles. The summed E-state index contributed by atoms with van der Waals surface area (Å²) in [6, 6.07) is 18.6. The van der Waals surface area contributed by atoms with Gasteiger partial charge in [-0.3, -0.25) is 0 Å². The predicted molar refractivity (Wildman–Crippen MR) is 99.2 cm³/mol. The van der Waals surface area contributed by atoms with Gasteiger partial charge >= 0.3 is 0 Å². The Morgan fingerprint density at radius 2 is 1.84 bits per heavy atom. The average Bonchev–Trinajstić information content (AvgIpc) is 2.66. The molecule has 3 aromatic rings. The monoisotopic (exact) mass is 329 g/mol. The number of benzene rings is 3. The largest absolute Gasteiger partial charge is 0.206 e. The normalized spacial score (nSPS) is 16.4. The van der Waals surface area contributed by atoms with Gasteiger partial charge in [0.2, 0.25) is 0 Å². The van der Waals surface area contributed by atoms with E-state index in [1.807, 2.05) is 6.07 Å². The van der Waals surface area contributed by atoms with Gasteiger partial charge in [0, 0.05) is 0 Å². The number of hydrogen-bond acceptors (Lipinski definition) is 1. The molecule has 1 aliphatic rings. The van der Waals surface area contributed by atoms with Crippen LogP contribution in [-0.4, -0.2) is 0 Å². The minimum absolute atomic E-state index is 0.162.